The highest BCUT2D eigenvalue weighted by atomic mass is 31.2. The van der Waals surface area contributed by atoms with E-state index in [0.29, 0.717) is 25.7 Å². The first-order valence-electron chi connectivity index (χ1n) is 22.3. The number of carbonyl (C=O) groups is 2. The van der Waals surface area contributed by atoms with Crippen molar-refractivity contribution in [1.29, 1.82) is 0 Å². The molecule has 0 aromatic carbocycles. The van der Waals surface area contributed by atoms with Gasteiger partial charge < -0.3 is 35.4 Å². The molecule has 1 rings (SSSR count). The summed E-state index contributed by atoms with van der Waals surface area (Å²) in [6, 6.07) is 0. The van der Waals surface area contributed by atoms with E-state index in [4.69, 9.17) is 24.3 Å². The predicted octanol–water partition coefficient (Wildman–Crippen LogP) is 9.21. The van der Waals surface area contributed by atoms with Crippen LogP contribution >= 0.6 is 7.82 Å². The highest BCUT2D eigenvalue weighted by molar-refractivity contribution is 7.47. The van der Waals surface area contributed by atoms with Crippen molar-refractivity contribution in [3.63, 3.8) is 0 Å². The Balaban J connectivity index is 2.42. The smallest absolute Gasteiger partial charge is 0.462 e. The van der Waals surface area contributed by atoms with Gasteiger partial charge in [-0.25, -0.2) is 4.57 Å². The molecule has 0 saturated heterocycles. The number of allylic oxidation sites excluding steroid dienone is 12. The highest BCUT2D eigenvalue weighted by Gasteiger charge is 2.39. The molecule has 342 valence electrons. The normalized spacial score (nSPS) is 20.9. The van der Waals surface area contributed by atoms with Crippen LogP contribution in [0.15, 0.2) is 85.1 Å². The molecule has 13 heteroatoms. The number of unbranched alkanes of at least 4 members (excludes halogenated alkanes) is 5. The molecule has 0 aromatic heterocycles. The number of phosphoric ester groups is 1. The summed E-state index contributed by atoms with van der Waals surface area (Å²) in [5.74, 6) is -1.37. The molecule has 0 amide bonds. The number of aliphatic hydroxyl groups is 3. The second-order valence-electron chi connectivity index (χ2n) is 15.1. The molecule has 12 nitrogen and oxygen atoms in total. The van der Waals surface area contributed by atoms with E-state index >= 15 is 0 Å². The summed E-state index contributed by atoms with van der Waals surface area (Å²) in [6.45, 7) is 3.17. The molecule has 0 aliphatic heterocycles. The molecule has 6 N–H and O–H groups in total. The fourth-order valence-corrected chi connectivity index (χ4v) is 7.34. The zero-order valence-electron chi connectivity index (χ0n) is 36.5. The average molecular weight is 864 g/mol. The monoisotopic (exact) mass is 864 g/mol. The Labute approximate surface area is 361 Å². The minimum atomic E-state index is -4.46. The topological polar surface area (TPSA) is 195 Å². The van der Waals surface area contributed by atoms with Gasteiger partial charge >= 0.3 is 19.8 Å². The van der Waals surface area contributed by atoms with Gasteiger partial charge in [-0.05, 0) is 70.1 Å². The number of phosphoric acid groups is 1. The van der Waals surface area contributed by atoms with Crippen LogP contribution in [0.2, 0.25) is 0 Å². The second kappa shape index (κ2) is 36.7. The fraction of sp³-hybridized carbons (Fsp3) is 0.660. The maximum Gasteiger partial charge on any atom is 0.472 e. The summed E-state index contributed by atoms with van der Waals surface area (Å²) in [4.78, 5) is 35.1. The summed E-state index contributed by atoms with van der Waals surface area (Å²) in [5, 5.41) is 31.4. The summed E-state index contributed by atoms with van der Waals surface area (Å²) in [7, 11) is -4.46. The minimum absolute atomic E-state index is 0.00627. The molecule has 7 atom stereocenters. The largest absolute Gasteiger partial charge is 0.472 e. The van der Waals surface area contributed by atoms with E-state index in [0.717, 1.165) is 83.5 Å². The number of hydrogen-bond donors (Lipinski definition) is 5. The SMILES string of the molecule is CC/C=C\C/C=C\C/C=C\C/C=C\C/C=C\C/C=C\CCC(=O)O[C@H](COC(=O)CCCCCC[C@@H]1[C@@H](/C=C/[C@@H](O)CCCCC)[C@H](O)C[C@@H]1O)COP(=O)(O)OCCN. The van der Waals surface area contributed by atoms with Crippen LogP contribution < -0.4 is 5.73 Å². The van der Waals surface area contributed by atoms with Gasteiger partial charge in [-0.1, -0.05) is 137 Å². The summed E-state index contributed by atoms with van der Waals surface area (Å²) < 4.78 is 32.7. The van der Waals surface area contributed by atoms with Gasteiger partial charge in [0.15, 0.2) is 6.10 Å². The first-order chi connectivity index (χ1) is 29.0. The van der Waals surface area contributed by atoms with Gasteiger partial charge in [0.25, 0.3) is 0 Å². The third kappa shape index (κ3) is 30.2. The fourth-order valence-electron chi connectivity index (χ4n) is 6.58. The molecule has 0 bridgehead atoms. The molecule has 1 unspecified atom stereocenters. The molecule has 1 aliphatic rings. The van der Waals surface area contributed by atoms with E-state index in [2.05, 4.69) is 74.6 Å². The van der Waals surface area contributed by atoms with Crippen molar-refractivity contribution in [3.05, 3.63) is 85.1 Å². The van der Waals surface area contributed by atoms with Gasteiger partial charge in [0.2, 0.25) is 0 Å². The summed E-state index contributed by atoms with van der Waals surface area (Å²) in [6.07, 6.45) is 39.8. The molecule has 60 heavy (non-hydrogen) atoms. The van der Waals surface area contributed by atoms with Crippen molar-refractivity contribution >= 4 is 19.8 Å². The number of nitrogens with two attached hydrogens (primary N) is 1. The highest BCUT2D eigenvalue weighted by Crippen LogP contribution is 2.43. The Bertz CT molecular complexity index is 1370. The molecule has 0 radical (unpaired) electrons. The number of hydrogen-bond acceptors (Lipinski definition) is 11. The van der Waals surface area contributed by atoms with E-state index < -0.39 is 50.8 Å². The van der Waals surface area contributed by atoms with E-state index in [1.54, 1.807) is 6.08 Å². The molecule has 0 aromatic rings. The molecular weight excluding hydrogens is 785 g/mol. The number of ether oxygens (including phenoxy) is 2. The minimum Gasteiger partial charge on any atom is -0.462 e. The Kier molecular flexibility index (Phi) is 33.7. The van der Waals surface area contributed by atoms with Crippen molar-refractivity contribution in [1.82, 2.24) is 0 Å². The maximum atomic E-state index is 12.6. The average Bonchev–Trinajstić information content (AvgIpc) is 3.49. The third-order valence-electron chi connectivity index (χ3n) is 9.88. The van der Waals surface area contributed by atoms with Crippen molar-refractivity contribution in [2.75, 3.05) is 26.4 Å². The molecular formula is C47H78NO11P. The van der Waals surface area contributed by atoms with Crippen LogP contribution in [0.3, 0.4) is 0 Å². The van der Waals surface area contributed by atoms with Crippen LogP contribution in [0.25, 0.3) is 0 Å². The summed E-state index contributed by atoms with van der Waals surface area (Å²) >= 11 is 0. The number of aliphatic hydroxyl groups excluding tert-OH is 3. The first-order valence-corrected chi connectivity index (χ1v) is 23.8. The Morgan fingerprint density at radius 3 is 1.93 bits per heavy atom. The predicted molar refractivity (Wildman–Crippen MR) is 240 cm³/mol. The zero-order valence-corrected chi connectivity index (χ0v) is 37.4. The number of carbonyl (C=O) groups excluding carboxylic acids is 2. The van der Waals surface area contributed by atoms with Crippen molar-refractivity contribution in [2.45, 2.75) is 160 Å². The van der Waals surface area contributed by atoms with E-state index in [1.807, 2.05) is 18.2 Å². The lowest BCUT2D eigenvalue weighted by Crippen LogP contribution is -2.29. The van der Waals surface area contributed by atoms with E-state index in [1.165, 1.54) is 0 Å². The number of rotatable bonds is 36. The van der Waals surface area contributed by atoms with Crippen LogP contribution in [0, 0.1) is 11.8 Å². The standard InChI is InChI=1S/C47H78NO11P/c1-3-5-7-8-9-10-11-12-13-14-15-16-17-18-19-20-21-22-28-32-47(53)59-41(39-58-60(54,55)57-36-35-48)38-56-46(52)31-27-24-23-26-30-42-43(45(51)37-44(42)50)34-33-40(49)29-25-6-4-2/h5,7,9-10,12-13,15-16,18-19,21-22,33-34,40-45,49-51H,3-4,6,8,11,14,17,20,23-32,35-39,48H2,1-2H3,(H,54,55)/b7-5-,10-9-,13-12-,16-15-,19-18-,22-21-,34-33+/t40-,41+,42+,43+,44-,45+/m0/s1. The van der Waals surface area contributed by atoms with Crippen LogP contribution in [0.1, 0.15) is 136 Å². The zero-order chi connectivity index (χ0) is 44.1. The Hall–Kier alpha value is -2.93. The third-order valence-corrected chi connectivity index (χ3v) is 10.9. The van der Waals surface area contributed by atoms with Gasteiger partial charge in [0.05, 0.1) is 31.5 Å². The second-order valence-corrected chi connectivity index (χ2v) is 16.6. The Morgan fingerprint density at radius 2 is 1.33 bits per heavy atom. The van der Waals surface area contributed by atoms with E-state index in [9.17, 15) is 34.4 Å². The lowest BCUT2D eigenvalue weighted by atomic mass is 9.88. The van der Waals surface area contributed by atoms with E-state index in [-0.39, 0.29) is 44.4 Å². The molecule has 1 saturated carbocycles. The number of esters is 2. The van der Waals surface area contributed by atoms with Crippen molar-refractivity contribution in [3.8, 4) is 0 Å². The van der Waals surface area contributed by atoms with Gasteiger partial charge in [0.1, 0.15) is 6.61 Å². The van der Waals surface area contributed by atoms with Gasteiger partial charge in [0, 0.05) is 31.7 Å². The van der Waals surface area contributed by atoms with Gasteiger partial charge in [-0.15, -0.1) is 0 Å². The van der Waals surface area contributed by atoms with Gasteiger partial charge in [-0.3, -0.25) is 18.6 Å². The quantitative estimate of drug-likeness (QED) is 0.0174. The maximum absolute atomic E-state index is 12.6. The van der Waals surface area contributed by atoms with Crippen LogP contribution in [-0.2, 0) is 32.7 Å². The lowest BCUT2D eigenvalue weighted by Gasteiger charge is -2.21. The molecule has 0 spiro atoms. The van der Waals surface area contributed by atoms with Crippen LogP contribution in [0.5, 0.6) is 0 Å². The van der Waals surface area contributed by atoms with Crippen molar-refractivity contribution in [2.24, 2.45) is 17.6 Å². The van der Waals surface area contributed by atoms with Crippen LogP contribution in [0.4, 0.5) is 0 Å². The molecule has 1 aliphatic carbocycles. The lowest BCUT2D eigenvalue weighted by molar-refractivity contribution is -0.161. The molecule has 0 heterocycles. The first kappa shape index (κ1) is 55.1. The summed E-state index contributed by atoms with van der Waals surface area (Å²) in [5.41, 5.74) is 5.34. The molecule has 1 fully saturated rings. The van der Waals surface area contributed by atoms with Gasteiger partial charge in [-0.2, -0.15) is 0 Å². The van der Waals surface area contributed by atoms with Crippen molar-refractivity contribution < 1.29 is 52.9 Å². The Morgan fingerprint density at radius 1 is 0.733 bits per heavy atom. The van der Waals surface area contributed by atoms with Crippen LogP contribution in [-0.4, -0.2) is 82.9 Å².